The van der Waals surface area contributed by atoms with Crippen molar-refractivity contribution in [3.05, 3.63) is 48.0 Å². The molecule has 0 aromatic heterocycles. The maximum Gasteiger partial charge on any atom is 0.243 e. The van der Waals surface area contributed by atoms with E-state index in [-0.39, 0.29) is 11.8 Å². The second-order valence-electron chi connectivity index (χ2n) is 10.7. The lowest BCUT2D eigenvalue weighted by Gasteiger charge is -2.19. The quantitative estimate of drug-likeness (QED) is 0.0876. The van der Waals surface area contributed by atoms with E-state index in [0.29, 0.717) is 52.4 Å². The topological polar surface area (TPSA) is 85.9 Å². The summed E-state index contributed by atoms with van der Waals surface area (Å²) in [4.78, 5) is 25.5. The molecule has 1 unspecified atom stereocenters. The van der Waals surface area contributed by atoms with Gasteiger partial charge in [0.15, 0.2) is 0 Å². The summed E-state index contributed by atoms with van der Waals surface area (Å²) in [5.74, 6) is -0.250. The van der Waals surface area contributed by atoms with E-state index in [4.69, 9.17) is 14.2 Å². The van der Waals surface area contributed by atoms with Crippen molar-refractivity contribution in [2.75, 3.05) is 46.7 Å². The van der Waals surface area contributed by atoms with Gasteiger partial charge in [0.05, 0.1) is 33.0 Å². The molecule has 0 saturated carbocycles. The van der Waals surface area contributed by atoms with Crippen molar-refractivity contribution in [2.45, 2.75) is 109 Å². The third-order valence-corrected chi connectivity index (χ3v) is 6.95. The van der Waals surface area contributed by atoms with Crippen LogP contribution in [0.3, 0.4) is 0 Å². The molecule has 2 amide bonds. The highest BCUT2D eigenvalue weighted by Gasteiger charge is 2.20. The van der Waals surface area contributed by atoms with Crippen LogP contribution < -0.4 is 10.6 Å². The van der Waals surface area contributed by atoms with Crippen molar-refractivity contribution in [1.82, 2.24) is 10.6 Å². The van der Waals surface area contributed by atoms with Crippen LogP contribution in [0.4, 0.5) is 0 Å². The third kappa shape index (κ3) is 23.1. The molecule has 0 saturated heterocycles. The van der Waals surface area contributed by atoms with Gasteiger partial charge in [-0.3, -0.25) is 9.59 Å². The maximum atomic E-state index is 12.9. The van der Waals surface area contributed by atoms with E-state index in [1.54, 1.807) is 7.11 Å². The minimum Gasteiger partial charge on any atom is -0.382 e. The van der Waals surface area contributed by atoms with E-state index >= 15 is 0 Å². The number of carbonyl (C=O) groups excluding carboxylic acids is 2. The SMILES string of the molecule is CCCCCC/C=C/CCCCCCCCCC(=O)NC(Cc1ccccc1)C(=O)NCCOCCOCCOC. The average molecular weight is 575 g/mol. The Hall–Kier alpha value is -2.22. The molecule has 0 aliphatic heterocycles. The van der Waals surface area contributed by atoms with Crippen LogP contribution in [0.1, 0.15) is 102 Å². The van der Waals surface area contributed by atoms with Crippen molar-refractivity contribution >= 4 is 11.8 Å². The number of hydrogen-bond acceptors (Lipinski definition) is 5. The molecule has 1 aromatic rings. The predicted octanol–water partition coefficient (Wildman–Crippen LogP) is 6.55. The largest absolute Gasteiger partial charge is 0.382 e. The average Bonchev–Trinajstić information content (AvgIpc) is 2.98. The summed E-state index contributed by atoms with van der Waals surface area (Å²) in [5.41, 5.74) is 1.01. The number of benzene rings is 1. The third-order valence-electron chi connectivity index (χ3n) is 6.95. The molecular weight excluding hydrogens is 516 g/mol. The highest BCUT2D eigenvalue weighted by Crippen LogP contribution is 2.11. The van der Waals surface area contributed by atoms with E-state index in [0.717, 1.165) is 24.8 Å². The van der Waals surface area contributed by atoms with Gasteiger partial charge in [0.1, 0.15) is 6.04 Å². The number of amides is 2. The molecule has 7 nitrogen and oxygen atoms in total. The Bertz CT molecular complexity index is 772. The molecule has 0 heterocycles. The molecule has 1 rings (SSSR count). The van der Waals surface area contributed by atoms with Gasteiger partial charge in [-0.1, -0.05) is 101 Å². The van der Waals surface area contributed by atoms with Crippen LogP contribution in [-0.4, -0.2) is 64.5 Å². The fraction of sp³-hybridized carbons (Fsp3) is 0.706. The van der Waals surface area contributed by atoms with E-state index in [2.05, 4.69) is 29.7 Å². The number of rotatable bonds is 28. The molecular formula is C34H58N2O5. The molecule has 2 N–H and O–H groups in total. The maximum absolute atomic E-state index is 12.9. The second kappa shape index (κ2) is 27.9. The standard InChI is InChI=1S/C34H58N2O5/c1-3-4-5-6-7-8-9-10-11-12-13-14-15-16-20-23-33(37)36-32(30-31-21-18-17-19-22-31)34(38)35-24-25-40-28-29-41-27-26-39-2/h8-9,17-19,21-22,32H,3-7,10-16,20,23-30H2,1-2H3,(H,35,38)(H,36,37)/b9-8+. The zero-order valence-electron chi connectivity index (χ0n) is 26.0. The van der Waals surface area contributed by atoms with Gasteiger partial charge in [0.2, 0.25) is 11.8 Å². The summed E-state index contributed by atoms with van der Waals surface area (Å²) in [5, 5.41) is 5.86. The molecule has 7 heteroatoms. The van der Waals surface area contributed by atoms with Crippen molar-refractivity contribution in [3.8, 4) is 0 Å². The molecule has 0 radical (unpaired) electrons. The summed E-state index contributed by atoms with van der Waals surface area (Å²) < 4.78 is 15.8. The van der Waals surface area contributed by atoms with Gasteiger partial charge in [0.25, 0.3) is 0 Å². The lowest BCUT2D eigenvalue weighted by atomic mass is 10.0. The Morgan fingerprint density at radius 3 is 2.00 bits per heavy atom. The number of allylic oxidation sites excluding steroid dienone is 2. The van der Waals surface area contributed by atoms with Gasteiger partial charge in [0, 0.05) is 26.5 Å². The summed E-state index contributed by atoms with van der Waals surface area (Å²) in [6.45, 7) is 5.07. The van der Waals surface area contributed by atoms with Gasteiger partial charge >= 0.3 is 0 Å². The number of methoxy groups -OCH3 is 1. The first-order valence-corrected chi connectivity index (χ1v) is 16.1. The Labute approximate surface area is 250 Å². The van der Waals surface area contributed by atoms with Crippen molar-refractivity contribution in [3.63, 3.8) is 0 Å². The van der Waals surface area contributed by atoms with E-state index in [1.807, 2.05) is 30.3 Å². The molecule has 0 aliphatic carbocycles. The van der Waals surface area contributed by atoms with Crippen molar-refractivity contribution < 1.29 is 23.8 Å². The van der Waals surface area contributed by atoms with E-state index in [9.17, 15) is 9.59 Å². The predicted molar refractivity (Wildman–Crippen MR) is 168 cm³/mol. The van der Waals surface area contributed by atoms with Crippen LogP contribution >= 0.6 is 0 Å². The zero-order chi connectivity index (χ0) is 29.6. The van der Waals surface area contributed by atoms with Crippen LogP contribution in [0.15, 0.2) is 42.5 Å². The fourth-order valence-corrected chi connectivity index (χ4v) is 4.52. The van der Waals surface area contributed by atoms with Gasteiger partial charge in [-0.2, -0.15) is 0 Å². The summed E-state index contributed by atoms with van der Waals surface area (Å²) >= 11 is 0. The van der Waals surface area contributed by atoms with Crippen molar-refractivity contribution in [2.24, 2.45) is 0 Å². The minimum absolute atomic E-state index is 0.0629. The Morgan fingerprint density at radius 1 is 0.756 bits per heavy atom. The summed E-state index contributed by atoms with van der Waals surface area (Å²) in [6, 6.07) is 9.18. The second-order valence-corrected chi connectivity index (χ2v) is 10.7. The molecule has 0 spiro atoms. The first-order chi connectivity index (χ1) is 20.2. The van der Waals surface area contributed by atoms with Gasteiger partial charge in [-0.15, -0.1) is 0 Å². The zero-order valence-corrected chi connectivity index (χ0v) is 26.0. The van der Waals surface area contributed by atoms with Gasteiger partial charge in [-0.05, 0) is 37.7 Å². The highest BCUT2D eigenvalue weighted by molar-refractivity contribution is 5.87. The van der Waals surface area contributed by atoms with Crippen molar-refractivity contribution in [1.29, 1.82) is 0 Å². The first-order valence-electron chi connectivity index (χ1n) is 16.1. The lowest BCUT2D eigenvalue weighted by Crippen LogP contribution is -2.48. The van der Waals surface area contributed by atoms with Crippen LogP contribution in [0, 0.1) is 0 Å². The normalized spacial score (nSPS) is 12.0. The summed E-state index contributed by atoms with van der Waals surface area (Å²) in [7, 11) is 1.63. The van der Waals surface area contributed by atoms with Gasteiger partial charge < -0.3 is 24.8 Å². The van der Waals surface area contributed by atoms with E-state index in [1.165, 1.54) is 64.2 Å². The Balaban J connectivity index is 2.19. The molecule has 0 fully saturated rings. The van der Waals surface area contributed by atoms with E-state index < -0.39 is 6.04 Å². The van der Waals surface area contributed by atoms with Gasteiger partial charge in [-0.25, -0.2) is 0 Å². The van der Waals surface area contributed by atoms with Crippen LogP contribution in [0.2, 0.25) is 0 Å². The first kappa shape index (κ1) is 36.8. The fourth-order valence-electron chi connectivity index (χ4n) is 4.52. The number of hydrogen-bond donors (Lipinski definition) is 2. The number of nitrogens with one attached hydrogen (secondary N) is 2. The number of unbranched alkanes of at least 4 members (excludes halogenated alkanes) is 11. The molecule has 0 aliphatic rings. The lowest BCUT2D eigenvalue weighted by molar-refractivity contribution is -0.129. The molecule has 234 valence electrons. The molecule has 1 aromatic carbocycles. The molecule has 1 atom stereocenters. The monoisotopic (exact) mass is 574 g/mol. The molecule has 0 bridgehead atoms. The Kier molecular flexibility index (Phi) is 25.1. The minimum atomic E-state index is -0.604. The van der Waals surface area contributed by atoms with Crippen LogP contribution in [0.5, 0.6) is 0 Å². The highest BCUT2D eigenvalue weighted by atomic mass is 16.5. The Morgan fingerprint density at radius 2 is 1.34 bits per heavy atom. The number of ether oxygens (including phenoxy) is 3. The van der Waals surface area contributed by atoms with Crippen LogP contribution in [0.25, 0.3) is 0 Å². The number of carbonyl (C=O) groups is 2. The smallest absolute Gasteiger partial charge is 0.243 e. The summed E-state index contributed by atoms with van der Waals surface area (Å²) in [6.07, 6.45) is 21.5. The van der Waals surface area contributed by atoms with Crippen LogP contribution in [-0.2, 0) is 30.2 Å². The molecule has 41 heavy (non-hydrogen) atoms.